The molecule has 1 rings (SSSR count). The summed E-state index contributed by atoms with van der Waals surface area (Å²) in [7, 11) is 0. The van der Waals surface area contributed by atoms with Crippen LogP contribution in [0.3, 0.4) is 0 Å². The molecule has 0 aliphatic heterocycles. The van der Waals surface area contributed by atoms with E-state index in [4.69, 9.17) is 11.5 Å². The summed E-state index contributed by atoms with van der Waals surface area (Å²) in [6.45, 7) is 2.52. The average Bonchev–Trinajstić information content (AvgIpc) is 2.64. The highest BCUT2D eigenvalue weighted by Gasteiger charge is 2.24. The summed E-state index contributed by atoms with van der Waals surface area (Å²) in [6, 6.07) is 1.89. The van der Waals surface area contributed by atoms with Crippen molar-refractivity contribution >= 4 is 5.91 Å². The van der Waals surface area contributed by atoms with Crippen molar-refractivity contribution in [1.29, 1.82) is 0 Å². The molecule has 1 unspecified atom stereocenters. The van der Waals surface area contributed by atoms with Gasteiger partial charge in [-0.1, -0.05) is 0 Å². The Morgan fingerprint density at radius 1 is 1.53 bits per heavy atom. The molecule has 0 saturated heterocycles. The first-order chi connectivity index (χ1) is 7.02. The van der Waals surface area contributed by atoms with E-state index >= 15 is 0 Å². The summed E-state index contributed by atoms with van der Waals surface area (Å²) >= 11 is 0. The first-order valence-corrected chi connectivity index (χ1v) is 5.08. The van der Waals surface area contributed by atoms with Crippen LogP contribution in [0.2, 0.25) is 0 Å². The summed E-state index contributed by atoms with van der Waals surface area (Å²) < 4.78 is 1.86. The standard InChI is InChI=1S/C10H18N4O/c1-10(12,9(11)15)5-2-3-7-14-8-4-6-13-14/h4,6,8H,2-3,5,7,12H2,1H3,(H2,11,15). The second-order valence-corrected chi connectivity index (χ2v) is 4.01. The highest BCUT2D eigenvalue weighted by atomic mass is 16.1. The molecule has 0 saturated carbocycles. The minimum Gasteiger partial charge on any atom is -0.368 e. The Bertz CT molecular complexity index is 305. The average molecular weight is 210 g/mol. The molecule has 0 spiro atoms. The normalized spacial score (nSPS) is 14.8. The summed E-state index contributed by atoms with van der Waals surface area (Å²) in [5.41, 5.74) is 10.0. The zero-order valence-electron chi connectivity index (χ0n) is 9.02. The van der Waals surface area contributed by atoms with Crippen molar-refractivity contribution in [3.05, 3.63) is 18.5 Å². The number of hydrogen-bond donors (Lipinski definition) is 2. The van der Waals surface area contributed by atoms with Gasteiger partial charge in [-0.3, -0.25) is 9.48 Å². The van der Waals surface area contributed by atoms with Gasteiger partial charge in [-0.25, -0.2) is 0 Å². The Kier molecular flexibility index (Phi) is 3.85. The maximum atomic E-state index is 10.9. The van der Waals surface area contributed by atoms with Crippen LogP contribution in [0.15, 0.2) is 18.5 Å². The molecule has 84 valence electrons. The predicted octanol–water partition coefficient (Wildman–Crippen LogP) is 0.256. The minimum absolute atomic E-state index is 0.443. The van der Waals surface area contributed by atoms with Gasteiger partial charge in [0, 0.05) is 18.9 Å². The Balaban J connectivity index is 2.19. The molecule has 1 aromatic rings. The molecule has 0 fully saturated rings. The van der Waals surface area contributed by atoms with Crippen molar-refractivity contribution < 1.29 is 4.79 Å². The van der Waals surface area contributed by atoms with Gasteiger partial charge in [-0.15, -0.1) is 0 Å². The third-order valence-electron chi connectivity index (χ3n) is 2.46. The molecule has 5 nitrogen and oxygen atoms in total. The van der Waals surface area contributed by atoms with Crippen molar-refractivity contribution in [2.75, 3.05) is 0 Å². The van der Waals surface area contributed by atoms with Crippen molar-refractivity contribution in [3.63, 3.8) is 0 Å². The van der Waals surface area contributed by atoms with Crippen LogP contribution in [0.1, 0.15) is 26.2 Å². The lowest BCUT2D eigenvalue weighted by Crippen LogP contribution is -2.49. The number of hydrogen-bond acceptors (Lipinski definition) is 3. The van der Waals surface area contributed by atoms with E-state index in [0.717, 1.165) is 19.4 Å². The van der Waals surface area contributed by atoms with E-state index in [2.05, 4.69) is 5.10 Å². The molecule has 5 heteroatoms. The van der Waals surface area contributed by atoms with Crippen LogP contribution in [0.25, 0.3) is 0 Å². The van der Waals surface area contributed by atoms with E-state index in [0.29, 0.717) is 6.42 Å². The number of amides is 1. The second-order valence-electron chi connectivity index (χ2n) is 4.01. The molecule has 1 amide bonds. The van der Waals surface area contributed by atoms with E-state index in [1.54, 1.807) is 13.1 Å². The number of aromatic nitrogens is 2. The third kappa shape index (κ3) is 3.71. The number of carbonyl (C=O) groups is 1. The molecule has 0 aromatic carbocycles. The molecule has 15 heavy (non-hydrogen) atoms. The maximum Gasteiger partial charge on any atom is 0.237 e. The molecule has 4 N–H and O–H groups in total. The minimum atomic E-state index is -0.885. The molecule has 0 aliphatic carbocycles. The van der Waals surface area contributed by atoms with E-state index in [1.165, 1.54) is 0 Å². The van der Waals surface area contributed by atoms with Gasteiger partial charge in [-0.2, -0.15) is 5.10 Å². The summed E-state index contributed by atoms with van der Waals surface area (Å²) in [5, 5.41) is 4.08. The zero-order chi connectivity index (χ0) is 11.3. The lowest BCUT2D eigenvalue weighted by Gasteiger charge is -2.19. The molecule has 1 heterocycles. The van der Waals surface area contributed by atoms with Gasteiger partial charge in [0.2, 0.25) is 5.91 Å². The summed E-state index contributed by atoms with van der Waals surface area (Å²) in [6.07, 6.45) is 6.09. The number of primary amides is 1. The van der Waals surface area contributed by atoms with Gasteiger partial charge >= 0.3 is 0 Å². The van der Waals surface area contributed by atoms with Crippen LogP contribution < -0.4 is 11.5 Å². The Morgan fingerprint density at radius 2 is 2.27 bits per heavy atom. The quantitative estimate of drug-likeness (QED) is 0.660. The second kappa shape index (κ2) is 4.93. The SMILES string of the molecule is CC(N)(CCCCn1cccn1)C(N)=O. The highest BCUT2D eigenvalue weighted by molar-refractivity contribution is 5.83. The number of unbranched alkanes of at least 4 members (excludes halogenated alkanes) is 1. The molecule has 0 bridgehead atoms. The topological polar surface area (TPSA) is 86.9 Å². The third-order valence-corrected chi connectivity index (χ3v) is 2.46. The van der Waals surface area contributed by atoms with Crippen molar-refractivity contribution in [1.82, 2.24) is 9.78 Å². The molecule has 1 aromatic heterocycles. The molecule has 1 atom stereocenters. The van der Waals surface area contributed by atoms with Gasteiger partial charge < -0.3 is 11.5 Å². The van der Waals surface area contributed by atoms with Crippen LogP contribution in [-0.2, 0) is 11.3 Å². The fourth-order valence-corrected chi connectivity index (χ4v) is 1.32. The maximum absolute atomic E-state index is 10.9. The number of aryl methyl sites for hydroxylation is 1. The van der Waals surface area contributed by atoms with Crippen molar-refractivity contribution in [2.24, 2.45) is 11.5 Å². The molecule has 0 aliphatic rings. The van der Waals surface area contributed by atoms with Crippen LogP contribution in [-0.4, -0.2) is 21.2 Å². The van der Waals surface area contributed by atoms with Gasteiger partial charge in [0.25, 0.3) is 0 Å². The monoisotopic (exact) mass is 210 g/mol. The van der Waals surface area contributed by atoms with E-state index in [9.17, 15) is 4.79 Å². The fourth-order valence-electron chi connectivity index (χ4n) is 1.32. The van der Waals surface area contributed by atoms with E-state index in [-0.39, 0.29) is 0 Å². The van der Waals surface area contributed by atoms with E-state index < -0.39 is 11.4 Å². The largest absolute Gasteiger partial charge is 0.368 e. The Labute approximate surface area is 89.4 Å². The van der Waals surface area contributed by atoms with Crippen molar-refractivity contribution in [2.45, 2.75) is 38.3 Å². The number of nitrogens with two attached hydrogens (primary N) is 2. The summed E-state index contributed by atoms with van der Waals surface area (Å²) in [5.74, 6) is -0.443. The Hall–Kier alpha value is -1.36. The first-order valence-electron chi connectivity index (χ1n) is 5.08. The van der Waals surface area contributed by atoms with Crippen LogP contribution in [0.5, 0.6) is 0 Å². The van der Waals surface area contributed by atoms with Gasteiger partial charge in [0.1, 0.15) is 0 Å². The number of nitrogens with zero attached hydrogens (tertiary/aromatic N) is 2. The lowest BCUT2D eigenvalue weighted by molar-refractivity contribution is -0.122. The van der Waals surface area contributed by atoms with Crippen LogP contribution >= 0.6 is 0 Å². The smallest absolute Gasteiger partial charge is 0.237 e. The highest BCUT2D eigenvalue weighted by Crippen LogP contribution is 2.10. The van der Waals surface area contributed by atoms with Crippen molar-refractivity contribution in [3.8, 4) is 0 Å². The fraction of sp³-hybridized carbons (Fsp3) is 0.600. The van der Waals surface area contributed by atoms with E-state index in [1.807, 2.05) is 16.9 Å². The van der Waals surface area contributed by atoms with Crippen LogP contribution in [0.4, 0.5) is 0 Å². The van der Waals surface area contributed by atoms with Gasteiger partial charge in [-0.05, 0) is 32.3 Å². The molecular weight excluding hydrogens is 192 g/mol. The van der Waals surface area contributed by atoms with Gasteiger partial charge in [0.05, 0.1) is 5.54 Å². The predicted molar refractivity (Wildman–Crippen MR) is 57.9 cm³/mol. The number of carbonyl (C=O) groups excluding carboxylic acids is 1. The molecular formula is C10H18N4O. The zero-order valence-corrected chi connectivity index (χ0v) is 9.02. The lowest BCUT2D eigenvalue weighted by atomic mass is 9.95. The van der Waals surface area contributed by atoms with Gasteiger partial charge in [0.15, 0.2) is 0 Å². The first kappa shape index (κ1) is 11.7. The summed E-state index contributed by atoms with van der Waals surface area (Å²) in [4.78, 5) is 10.9. The molecule has 0 radical (unpaired) electrons. The Morgan fingerprint density at radius 3 is 2.80 bits per heavy atom. The van der Waals surface area contributed by atoms with Crippen LogP contribution in [0, 0.1) is 0 Å². The number of rotatable bonds is 6.